The first kappa shape index (κ1) is 13.1. The van der Waals surface area contributed by atoms with E-state index in [1.54, 1.807) is 0 Å². The first-order valence-electron chi connectivity index (χ1n) is 6.52. The normalized spacial score (nSPS) is 27.2. The van der Waals surface area contributed by atoms with Gasteiger partial charge in [-0.25, -0.2) is 4.98 Å². The highest BCUT2D eigenvalue weighted by molar-refractivity contribution is 5.48. The van der Waals surface area contributed by atoms with Crippen molar-refractivity contribution < 1.29 is 4.74 Å². The predicted molar refractivity (Wildman–Crippen MR) is 73.0 cm³/mol. The molecule has 1 aliphatic rings. The maximum absolute atomic E-state index is 5.64. The molecular weight excluding hydrogens is 228 g/mol. The van der Waals surface area contributed by atoms with E-state index in [1.807, 2.05) is 20.0 Å². The Bertz CT molecular complexity index is 423. The molecule has 0 aliphatic carbocycles. The van der Waals surface area contributed by atoms with E-state index in [1.165, 1.54) is 0 Å². The Morgan fingerprint density at radius 3 is 2.94 bits per heavy atom. The van der Waals surface area contributed by atoms with Crippen molar-refractivity contribution in [3.8, 4) is 0 Å². The van der Waals surface area contributed by atoms with E-state index in [0.29, 0.717) is 5.95 Å². The van der Waals surface area contributed by atoms with Crippen molar-refractivity contribution in [2.75, 3.05) is 23.8 Å². The van der Waals surface area contributed by atoms with Crippen LogP contribution in [0, 0.1) is 6.92 Å². The smallest absolute Gasteiger partial charge is 0.224 e. The van der Waals surface area contributed by atoms with Crippen LogP contribution in [-0.4, -0.2) is 34.8 Å². The van der Waals surface area contributed by atoms with Crippen molar-refractivity contribution in [3.63, 3.8) is 0 Å². The Morgan fingerprint density at radius 2 is 2.33 bits per heavy atom. The maximum Gasteiger partial charge on any atom is 0.224 e. The standard InChI is InChI=1S/C13H22N4O/c1-5-14-12-15-8-9(2)11(16-12)17-13(4)6-7-18-10(13)3/h8,10H,5-7H2,1-4H3,(H2,14,15,16,17). The van der Waals surface area contributed by atoms with E-state index in [2.05, 4.69) is 34.4 Å². The van der Waals surface area contributed by atoms with Crippen LogP contribution in [0.4, 0.5) is 11.8 Å². The van der Waals surface area contributed by atoms with Crippen molar-refractivity contribution in [2.24, 2.45) is 0 Å². The van der Waals surface area contributed by atoms with Gasteiger partial charge in [-0.2, -0.15) is 4.98 Å². The number of rotatable bonds is 4. The van der Waals surface area contributed by atoms with Crippen molar-refractivity contribution >= 4 is 11.8 Å². The molecule has 1 saturated heterocycles. The molecule has 1 aliphatic heterocycles. The molecule has 2 rings (SSSR count). The van der Waals surface area contributed by atoms with Gasteiger partial charge < -0.3 is 15.4 Å². The average molecular weight is 250 g/mol. The van der Waals surface area contributed by atoms with Gasteiger partial charge in [-0.1, -0.05) is 0 Å². The van der Waals surface area contributed by atoms with Crippen LogP contribution in [0.15, 0.2) is 6.20 Å². The van der Waals surface area contributed by atoms with Gasteiger partial charge >= 0.3 is 0 Å². The van der Waals surface area contributed by atoms with E-state index < -0.39 is 0 Å². The second kappa shape index (κ2) is 5.10. The third-order valence-electron chi connectivity index (χ3n) is 3.60. The fraction of sp³-hybridized carbons (Fsp3) is 0.692. The molecule has 100 valence electrons. The minimum absolute atomic E-state index is 0.0530. The van der Waals surface area contributed by atoms with Gasteiger partial charge in [0.15, 0.2) is 0 Å². The fourth-order valence-corrected chi connectivity index (χ4v) is 2.08. The van der Waals surface area contributed by atoms with Crippen LogP contribution in [0.3, 0.4) is 0 Å². The Balaban J connectivity index is 2.19. The zero-order valence-corrected chi connectivity index (χ0v) is 11.6. The van der Waals surface area contributed by atoms with Gasteiger partial charge in [0.2, 0.25) is 5.95 Å². The Labute approximate surface area is 108 Å². The van der Waals surface area contributed by atoms with Gasteiger partial charge in [-0.3, -0.25) is 0 Å². The lowest BCUT2D eigenvalue weighted by molar-refractivity contribution is 0.105. The quantitative estimate of drug-likeness (QED) is 0.858. The molecule has 0 amide bonds. The number of nitrogens with one attached hydrogen (secondary N) is 2. The van der Waals surface area contributed by atoms with Crippen molar-refractivity contribution in [2.45, 2.75) is 45.8 Å². The molecule has 5 nitrogen and oxygen atoms in total. The lowest BCUT2D eigenvalue weighted by Gasteiger charge is -2.30. The Morgan fingerprint density at radius 1 is 1.56 bits per heavy atom. The second-order valence-electron chi connectivity index (χ2n) is 5.06. The highest BCUT2D eigenvalue weighted by Crippen LogP contribution is 2.30. The van der Waals surface area contributed by atoms with Crippen LogP contribution in [0.1, 0.15) is 32.8 Å². The van der Waals surface area contributed by atoms with Gasteiger partial charge in [0.05, 0.1) is 11.6 Å². The van der Waals surface area contributed by atoms with Gasteiger partial charge in [-0.05, 0) is 34.1 Å². The largest absolute Gasteiger partial charge is 0.376 e. The lowest BCUT2D eigenvalue weighted by atomic mass is 9.94. The number of anilines is 2. The summed E-state index contributed by atoms with van der Waals surface area (Å²) in [7, 11) is 0. The zero-order valence-electron chi connectivity index (χ0n) is 11.6. The van der Waals surface area contributed by atoms with E-state index in [9.17, 15) is 0 Å². The number of hydrogen-bond acceptors (Lipinski definition) is 5. The molecule has 2 atom stereocenters. The summed E-state index contributed by atoms with van der Waals surface area (Å²) in [4.78, 5) is 8.77. The molecule has 0 spiro atoms. The summed E-state index contributed by atoms with van der Waals surface area (Å²) in [6.45, 7) is 9.95. The van der Waals surface area contributed by atoms with Crippen LogP contribution in [0.2, 0.25) is 0 Å². The topological polar surface area (TPSA) is 59.1 Å². The summed E-state index contributed by atoms with van der Waals surface area (Å²) in [5, 5.41) is 6.65. The maximum atomic E-state index is 5.64. The summed E-state index contributed by atoms with van der Waals surface area (Å²) in [6.07, 6.45) is 3.03. The summed E-state index contributed by atoms with van der Waals surface area (Å²) < 4.78 is 5.64. The van der Waals surface area contributed by atoms with Crippen LogP contribution >= 0.6 is 0 Å². The van der Waals surface area contributed by atoms with Crippen molar-refractivity contribution in [1.82, 2.24) is 9.97 Å². The molecule has 2 unspecified atom stereocenters. The molecule has 0 aromatic carbocycles. The molecule has 0 saturated carbocycles. The summed E-state index contributed by atoms with van der Waals surface area (Å²) in [5.74, 6) is 1.56. The Kier molecular flexibility index (Phi) is 3.71. The Hall–Kier alpha value is -1.36. The first-order chi connectivity index (χ1) is 8.55. The van der Waals surface area contributed by atoms with Crippen LogP contribution in [0.25, 0.3) is 0 Å². The van der Waals surface area contributed by atoms with Gasteiger partial charge in [0.25, 0.3) is 0 Å². The molecule has 1 fully saturated rings. The summed E-state index contributed by atoms with van der Waals surface area (Å²) in [5.41, 5.74) is 1.000. The zero-order chi connectivity index (χ0) is 13.2. The van der Waals surface area contributed by atoms with Crippen molar-refractivity contribution in [1.29, 1.82) is 0 Å². The van der Waals surface area contributed by atoms with E-state index in [-0.39, 0.29) is 11.6 Å². The predicted octanol–water partition coefficient (Wildman–Crippen LogP) is 2.20. The number of hydrogen-bond donors (Lipinski definition) is 2. The molecule has 5 heteroatoms. The molecule has 2 N–H and O–H groups in total. The molecule has 1 aromatic heterocycles. The number of nitrogens with zero attached hydrogens (tertiary/aromatic N) is 2. The third-order valence-corrected chi connectivity index (χ3v) is 3.60. The molecular formula is C13H22N4O. The van der Waals surface area contributed by atoms with Crippen LogP contribution < -0.4 is 10.6 Å². The number of aryl methyl sites for hydroxylation is 1. The molecule has 0 bridgehead atoms. The lowest BCUT2D eigenvalue weighted by Crippen LogP contribution is -2.41. The average Bonchev–Trinajstić information content (AvgIpc) is 2.64. The second-order valence-corrected chi connectivity index (χ2v) is 5.06. The number of ether oxygens (including phenoxy) is 1. The van der Waals surface area contributed by atoms with Crippen LogP contribution in [-0.2, 0) is 4.74 Å². The first-order valence-corrected chi connectivity index (χ1v) is 6.52. The molecule has 2 heterocycles. The van der Waals surface area contributed by atoms with E-state index in [4.69, 9.17) is 4.74 Å². The van der Waals surface area contributed by atoms with Crippen LogP contribution in [0.5, 0.6) is 0 Å². The molecule has 1 aromatic rings. The SMILES string of the molecule is CCNc1ncc(C)c(NC2(C)CCOC2C)n1. The van der Waals surface area contributed by atoms with Gasteiger partial charge in [-0.15, -0.1) is 0 Å². The number of aromatic nitrogens is 2. The highest BCUT2D eigenvalue weighted by Gasteiger charge is 2.37. The van der Waals surface area contributed by atoms with Gasteiger partial charge in [0.1, 0.15) is 5.82 Å². The highest BCUT2D eigenvalue weighted by atomic mass is 16.5. The third kappa shape index (κ3) is 2.56. The monoisotopic (exact) mass is 250 g/mol. The minimum atomic E-state index is -0.0530. The van der Waals surface area contributed by atoms with E-state index >= 15 is 0 Å². The minimum Gasteiger partial charge on any atom is -0.376 e. The fourth-order valence-electron chi connectivity index (χ4n) is 2.08. The summed E-state index contributed by atoms with van der Waals surface area (Å²) >= 11 is 0. The molecule has 18 heavy (non-hydrogen) atoms. The van der Waals surface area contributed by atoms with E-state index in [0.717, 1.165) is 31.0 Å². The van der Waals surface area contributed by atoms with Gasteiger partial charge in [0, 0.05) is 24.9 Å². The van der Waals surface area contributed by atoms with Crippen molar-refractivity contribution in [3.05, 3.63) is 11.8 Å². The molecule has 0 radical (unpaired) electrons. The summed E-state index contributed by atoms with van der Waals surface area (Å²) in [6, 6.07) is 0.